The molecule has 4 heteroatoms. The lowest BCUT2D eigenvalue weighted by Gasteiger charge is -2.17. The number of aliphatic hydroxyl groups excluding tert-OH is 1. The molecule has 18 heavy (non-hydrogen) atoms. The summed E-state index contributed by atoms with van der Waals surface area (Å²) in [7, 11) is 0. The zero-order chi connectivity index (χ0) is 12.5. The summed E-state index contributed by atoms with van der Waals surface area (Å²) in [6.07, 6.45) is 1.60. The molecule has 3 rings (SSSR count). The maximum atomic E-state index is 9.23. The van der Waals surface area contributed by atoms with Crippen molar-refractivity contribution in [3.63, 3.8) is 0 Å². The second kappa shape index (κ2) is 4.59. The molecule has 1 N–H and O–H groups in total. The SMILES string of the molecule is OCc1cc(N2Cc3ccccc3C2)ncc1Cl. The molecule has 1 aliphatic rings. The summed E-state index contributed by atoms with van der Waals surface area (Å²) in [5.74, 6) is 0.861. The third kappa shape index (κ3) is 1.96. The first kappa shape index (κ1) is 11.5. The largest absolute Gasteiger partial charge is 0.392 e. The van der Waals surface area contributed by atoms with Crippen LogP contribution >= 0.6 is 11.6 Å². The molecule has 0 amide bonds. The Morgan fingerprint density at radius 3 is 2.50 bits per heavy atom. The van der Waals surface area contributed by atoms with Crippen LogP contribution in [0.5, 0.6) is 0 Å². The van der Waals surface area contributed by atoms with Crippen LogP contribution in [-0.4, -0.2) is 10.1 Å². The topological polar surface area (TPSA) is 36.4 Å². The van der Waals surface area contributed by atoms with E-state index in [0.717, 1.165) is 24.5 Å². The van der Waals surface area contributed by atoms with Crippen molar-refractivity contribution in [2.45, 2.75) is 19.7 Å². The number of halogens is 1. The number of pyridine rings is 1. The minimum atomic E-state index is -0.0604. The van der Waals surface area contributed by atoms with E-state index in [1.807, 2.05) is 6.07 Å². The zero-order valence-corrected chi connectivity index (χ0v) is 10.6. The standard InChI is InChI=1S/C14H13ClN2O/c15-13-6-16-14(5-12(13)9-18)17-7-10-3-1-2-4-11(10)8-17/h1-6,18H,7-9H2. The first-order valence-electron chi connectivity index (χ1n) is 5.85. The van der Waals surface area contributed by atoms with Gasteiger partial charge in [0.05, 0.1) is 11.6 Å². The van der Waals surface area contributed by atoms with E-state index in [2.05, 4.69) is 34.1 Å². The summed E-state index contributed by atoms with van der Waals surface area (Å²) in [5.41, 5.74) is 3.39. The third-order valence-electron chi connectivity index (χ3n) is 3.26. The Kier molecular flexibility index (Phi) is 2.94. The van der Waals surface area contributed by atoms with E-state index in [1.54, 1.807) is 6.20 Å². The number of fused-ring (bicyclic) bond motifs is 1. The van der Waals surface area contributed by atoms with Crippen LogP contribution in [-0.2, 0) is 19.7 Å². The molecule has 2 aromatic rings. The summed E-state index contributed by atoms with van der Waals surface area (Å²) < 4.78 is 0. The number of aromatic nitrogens is 1. The highest BCUT2D eigenvalue weighted by Gasteiger charge is 2.19. The normalized spacial score (nSPS) is 13.8. The summed E-state index contributed by atoms with van der Waals surface area (Å²) in [4.78, 5) is 6.52. The Bertz CT molecular complexity index is 561. The van der Waals surface area contributed by atoms with Crippen molar-refractivity contribution < 1.29 is 5.11 Å². The number of nitrogens with zero attached hydrogens (tertiary/aromatic N) is 2. The molecule has 0 radical (unpaired) electrons. The Morgan fingerprint density at radius 1 is 1.22 bits per heavy atom. The lowest BCUT2D eigenvalue weighted by molar-refractivity contribution is 0.282. The van der Waals surface area contributed by atoms with E-state index in [1.165, 1.54) is 11.1 Å². The quantitative estimate of drug-likeness (QED) is 0.902. The number of anilines is 1. The minimum absolute atomic E-state index is 0.0604. The first-order valence-corrected chi connectivity index (χ1v) is 6.23. The number of hydrogen-bond donors (Lipinski definition) is 1. The van der Waals surface area contributed by atoms with Gasteiger partial charge in [-0.25, -0.2) is 4.98 Å². The van der Waals surface area contributed by atoms with Gasteiger partial charge in [0.15, 0.2) is 0 Å². The summed E-state index contributed by atoms with van der Waals surface area (Å²) in [6.45, 7) is 1.65. The van der Waals surface area contributed by atoms with Crippen molar-refractivity contribution in [3.8, 4) is 0 Å². The average Bonchev–Trinajstić information content (AvgIpc) is 2.83. The van der Waals surface area contributed by atoms with E-state index < -0.39 is 0 Å². The molecule has 0 saturated carbocycles. The van der Waals surface area contributed by atoms with Crippen molar-refractivity contribution in [1.29, 1.82) is 0 Å². The maximum Gasteiger partial charge on any atom is 0.129 e. The summed E-state index contributed by atoms with van der Waals surface area (Å²) in [6, 6.07) is 10.2. The fourth-order valence-corrected chi connectivity index (χ4v) is 2.42. The van der Waals surface area contributed by atoms with Gasteiger partial charge in [-0.05, 0) is 17.2 Å². The van der Waals surface area contributed by atoms with Crippen molar-refractivity contribution in [1.82, 2.24) is 4.98 Å². The van der Waals surface area contributed by atoms with Crippen molar-refractivity contribution in [2.75, 3.05) is 4.90 Å². The highest BCUT2D eigenvalue weighted by molar-refractivity contribution is 6.31. The number of rotatable bonds is 2. The Balaban J connectivity index is 1.90. The van der Waals surface area contributed by atoms with Gasteiger partial charge in [0.25, 0.3) is 0 Å². The molecule has 0 spiro atoms. The van der Waals surface area contributed by atoms with Gasteiger partial charge in [0.1, 0.15) is 5.82 Å². The van der Waals surface area contributed by atoms with E-state index in [9.17, 15) is 5.11 Å². The molecule has 0 aliphatic carbocycles. The molecule has 1 aromatic carbocycles. The molecule has 0 bridgehead atoms. The van der Waals surface area contributed by atoms with Gasteiger partial charge in [0, 0.05) is 24.8 Å². The molecular formula is C14H13ClN2O. The number of benzene rings is 1. The summed E-state index contributed by atoms with van der Waals surface area (Å²) >= 11 is 5.95. The number of aliphatic hydroxyl groups is 1. The molecular weight excluding hydrogens is 248 g/mol. The molecule has 0 unspecified atom stereocenters. The fourth-order valence-electron chi connectivity index (χ4n) is 2.26. The zero-order valence-electron chi connectivity index (χ0n) is 9.81. The number of hydrogen-bond acceptors (Lipinski definition) is 3. The Labute approximate surface area is 111 Å². The van der Waals surface area contributed by atoms with Crippen molar-refractivity contribution in [3.05, 3.63) is 58.2 Å². The van der Waals surface area contributed by atoms with E-state index in [0.29, 0.717) is 5.02 Å². The van der Waals surface area contributed by atoms with Crippen LogP contribution in [0.2, 0.25) is 5.02 Å². The molecule has 0 saturated heterocycles. The van der Waals surface area contributed by atoms with Crippen LogP contribution in [0.1, 0.15) is 16.7 Å². The van der Waals surface area contributed by atoms with Crippen molar-refractivity contribution in [2.24, 2.45) is 0 Å². The van der Waals surface area contributed by atoms with Gasteiger partial charge in [0.2, 0.25) is 0 Å². The third-order valence-corrected chi connectivity index (χ3v) is 3.60. The highest BCUT2D eigenvalue weighted by atomic mass is 35.5. The molecule has 1 aromatic heterocycles. The second-order valence-corrected chi connectivity index (χ2v) is 4.82. The van der Waals surface area contributed by atoms with Gasteiger partial charge in [-0.15, -0.1) is 0 Å². The van der Waals surface area contributed by atoms with E-state index >= 15 is 0 Å². The second-order valence-electron chi connectivity index (χ2n) is 4.42. The fraction of sp³-hybridized carbons (Fsp3) is 0.214. The van der Waals surface area contributed by atoms with E-state index in [-0.39, 0.29) is 6.61 Å². The Morgan fingerprint density at radius 2 is 1.89 bits per heavy atom. The van der Waals surface area contributed by atoms with Gasteiger partial charge in [-0.3, -0.25) is 0 Å². The van der Waals surface area contributed by atoms with Gasteiger partial charge in [-0.2, -0.15) is 0 Å². The predicted molar refractivity (Wildman–Crippen MR) is 71.5 cm³/mol. The lowest BCUT2D eigenvalue weighted by Crippen LogP contribution is -2.16. The van der Waals surface area contributed by atoms with Gasteiger partial charge in [-0.1, -0.05) is 35.9 Å². The highest BCUT2D eigenvalue weighted by Crippen LogP contribution is 2.28. The van der Waals surface area contributed by atoms with Crippen LogP contribution in [0.4, 0.5) is 5.82 Å². The monoisotopic (exact) mass is 260 g/mol. The van der Waals surface area contributed by atoms with Crippen LogP contribution in [0.15, 0.2) is 36.5 Å². The van der Waals surface area contributed by atoms with Crippen LogP contribution in [0, 0.1) is 0 Å². The minimum Gasteiger partial charge on any atom is -0.392 e. The smallest absolute Gasteiger partial charge is 0.129 e. The van der Waals surface area contributed by atoms with E-state index in [4.69, 9.17) is 11.6 Å². The Hall–Kier alpha value is -1.58. The average molecular weight is 261 g/mol. The summed E-state index contributed by atoms with van der Waals surface area (Å²) in [5, 5.41) is 9.74. The maximum absolute atomic E-state index is 9.23. The molecule has 0 atom stereocenters. The lowest BCUT2D eigenvalue weighted by atomic mass is 10.1. The van der Waals surface area contributed by atoms with Gasteiger partial charge < -0.3 is 10.0 Å². The molecule has 0 fully saturated rings. The molecule has 3 nitrogen and oxygen atoms in total. The van der Waals surface area contributed by atoms with Crippen LogP contribution in [0.3, 0.4) is 0 Å². The van der Waals surface area contributed by atoms with Crippen molar-refractivity contribution >= 4 is 17.4 Å². The van der Waals surface area contributed by atoms with Crippen LogP contribution < -0.4 is 4.90 Å². The first-order chi connectivity index (χ1) is 8.78. The van der Waals surface area contributed by atoms with Crippen LogP contribution in [0.25, 0.3) is 0 Å². The molecule has 1 aliphatic heterocycles. The van der Waals surface area contributed by atoms with Gasteiger partial charge >= 0.3 is 0 Å². The molecule has 2 heterocycles. The molecule has 92 valence electrons. The predicted octanol–water partition coefficient (Wildman–Crippen LogP) is 2.75.